The second-order valence-corrected chi connectivity index (χ2v) is 7.30. The number of carbonyl (C=O) groups excluding carboxylic acids is 4. The van der Waals surface area contributed by atoms with Crippen LogP contribution in [-0.4, -0.2) is 23.5 Å². The highest BCUT2D eigenvalue weighted by atomic mass is 16.2. The second-order valence-electron chi connectivity index (χ2n) is 7.30. The molecule has 0 atom stereocenters. The van der Waals surface area contributed by atoms with Gasteiger partial charge in [-0.2, -0.15) is 0 Å². The maximum Gasteiger partial charge on any atom is 0.255 e. The predicted molar refractivity (Wildman–Crippen MR) is 129 cm³/mol. The maximum atomic E-state index is 12.8. The normalized spacial score (nSPS) is 10.5. The molecule has 0 bridgehead atoms. The van der Waals surface area contributed by atoms with Crippen molar-refractivity contribution < 1.29 is 19.2 Å². The van der Waals surface area contributed by atoms with E-state index in [1.165, 1.54) is 32.1 Å². The summed E-state index contributed by atoms with van der Waals surface area (Å²) in [6, 6.07) is 20.6. The molecule has 0 radical (unpaired) electrons. The van der Waals surface area contributed by atoms with Crippen LogP contribution < -0.4 is 16.0 Å². The molecule has 3 amide bonds. The van der Waals surface area contributed by atoms with Gasteiger partial charge in [0.05, 0.1) is 0 Å². The molecular weight excluding hydrogens is 418 g/mol. The van der Waals surface area contributed by atoms with Crippen molar-refractivity contribution in [3.05, 3.63) is 95.6 Å². The number of carbonyl (C=O) groups is 4. The van der Waals surface area contributed by atoms with Crippen LogP contribution in [0.5, 0.6) is 0 Å². The zero-order valence-electron chi connectivity index (χ0n) is 18.2. The highest BCUT2D eigenvalue weighted by molar-refractivity contribution is 6.07. The topological polar surface area (TPSA) is 104 Å². The van der Waals surface area contributed by atoms with E-state index in [4.69, 9.17) is 0 Å². The van der Waals surface area contributed by atoms with Crippen molar-refractivity contribution in [3.8, 4) is 0 Å². The Balaban J connectivity index is 1.71. The summed E-state index contributed by atoms with van der Waals surface area (Å²) in [6.07, 6.45) is 3.21. The number of benzene rings is 3. The number of rotatable bonds is 7. The Kier molecular flexibility index (Phi) is 7.49. The average molecular weight is 441 g/mol. The lowest BCUT2D eigenvalue weighted by atomic mass is 10.1. The van der Waals surface area contributed by atoms with Gasteiger partial charge in [-0.15, -0.1) is 0 Å². The number of amides is 3. The molecule has 0 saturated heterocycles. The molecule has 0 unspecified atom stereocenters. The maximum absolute atomic E-state index is 12.8. The second kappa shape index (κ2) is 10.7. The van der Waals surface area contributed by atoms with Gasteiger partial charge in [0.15, 0.2) is 5.78 Å². The van der Waals surface area contributed by atoms with Gasteiger partial charge in [0.2, 0.25) is 11.8 Å². The van der Waals surface area contributed by atoms with Crippen molar-refractivity contribution in [2.24, 2.45) is 0 Å². The Morgan fingerprint density at radius 1 is 0.636 bits per heavy atom. The molecule has 7 nitrogen and oxygen atoms in total. The van der Waals surface area contributed by atoms with Crippen molar-refractivity contribution in [2.45, 2.75) is 13.8 Å². The number of nitrogens with one attached hydrogen (secondary N) is 3. The van der Waals surface area contributed by atoms with Gasteiger partial charge >= 0.3 is 0 Å². The van der Waals surface area contributed by atoms with E-state index in [2.05, 4.69) is 16.0 Å². The molecule has 0 heterocycles. The van der Waals surface area contributed by atoms with Crippen molar-refractivity contribution >= 4 is 46.6 Å². The minimum Gasteiger partial charge on any atom is -0.326 e. The third kappa shape index (κ3) is 7.00. The van der Waals surface area contributed by atoms with E-state index in [1.54, 1.807) is 48.5 Å². The lowest BCUT2D eigenvalue weighted by Gasteiger charge is -2.11. The first kappa shape index (κ1) is 23.1. The van der Waals surface area contributed by atoms with E-state index >= 15 is 0 Å². The Morgan fingerprint density at radius 3 is 1.76 bits per heavy atom. The summed E-state index contributed by atoms with van der Waals surface area (Å²) in [7, 11) is 0. The van der Waals surface area contributed by atoms with Gasteiger partial charge in [0.25, 0.3) is 5.91 Å². The van der Waals surface area contributed by atoms with Gasteiger partial charge in [-0.25, -0.2) is 0 Å². The van der Waals surface area contributed by atoms with E-state index in [-0.39, 0.29) is 23.2 Å². The van der Waals surface area contributed by atoms with E-state index in [0.29, 0.717) is 22.6 Å². The zero-order chi connectivity index (χ0) is 23.8. The van der Waals surface area contributed by atoms with Crippen molar-refractivity contribution in [2.75, 3.05) is 16.0 Å². The Labute approximate surface area is 191 Å². The molecule has 3 aromatic carbocycles. The smallest absolute Gasteiger partial charge is 0.255 e. The summed E-state index contributed by atoms with van der Waals surface area (Å²) in [4.78, 5) is 47.7. The molecule has 0 aliphatic heterocycles. The molecule has 0 aliphatic rings. The van der Waals surface area contributed by atoms with Crippen LogP contribution >= 0.6 is 0 Å². The summed E-state index contributed by atoms with van der Waals surface area (Å²) < 4.78 is 0. The molecule has 33 heavy (non-hydrogen) atoms. The molecule has 166 valence electrons. The van der Waals surface area contributed by atoms with Crippen LogP contribution in [0.3, 0.4) is 0 Å². The SMILES string of the molecule is CC(=O)Nc1cc(NC(C)=O)cc(C(=O)Nc2ccc(/C=C\C(=O)c3ccccc3)cc2)c1. The van der Waals surface area contributed by atoms with Crippen LogP contribution in [0.15, 0.2) is 78.9 Å². The van der Waals surface area contributed by atoms with Gasteiger partial charge < -0.3 is 16.0 Å². The Morgan fingerprint density at radius 2 is 1.21 bits per heavy atom. The number of ketones is 1. The molecule has 0 aliphatic carbocycles. The molecular formula is C26H23N3O4. The molecule has 0 aromatic heterocycles. The fourth-order valence-corrected chi connectivity index (χ4v) is 3.06. The lowest BCUT2D eigenvalue weighted by Crippen LogP contribution is -2.15. The van der Waals surface area contributed by atoms with E-state index < -0.39 is 5.91 Å². The van der Waals surface area contributed by atoms with E-state index in [9.17, 15) is 19.2 Å². The number of anilines is 3. The van der Waals surface area contributed by atoms with Crippen molar-refractivity contribution in [3.63, 3.8) is 0 Å². The van der Waals surface area contributed by atoms with Crippen LogP contribution in [0.4, 0.5) is 17.1 Å². The number of allylic oxidation sites excluding steroid dienone is 1. The van der Waals surface area contributed by atoms with Crippen LogP contribution in [0.1, 0.15) is 40.1 Å². The highest BCUT2D eigenvalue weighted by Crippen LogP contribution is 2.21. The van der Waals surface area contributed by atoms with Crippen LogP contribution in [-0.2, 0) is 9.59 Å². The van der Waals surface area contributed by atoms with Crippen LogP contribution in [0.2, 0.25) is 0 Å². The first-order chi connectivity index (χ1) is 15.8. The van der Waals surface area contributed by atoms with E-state index in [0.717, 1.165) is 5.56 Å². The first-order valence-electron chi connectivity index (χ1n) is 10.2. The molecule has 0 saturated carbocycles. The molecule has 0 fully saturated rings. The monoisotopic (exact) mass is 441 g/mol. The quantitative estimate of drug-likeness (QED) is 0.363. The summed E-state index contributed by atoms with van der Waals surface area (Å²) in [5.74, 6) is -1.09. The van der Waals surface area contributed by atoms with E-state index in [1.807, 2.05) is 18.2 Å². The third-order valence-electron chi connectivity index (χ3n) is 4.49. The zero-order valence-corrected chi connectivity index (χ0v) is 18.2. The van der Waals surface area contributed by atoms with Crippen molar-refractivity contribution in [1.82, 2.24) is 0 Å². The van der Waals surface area contributed by atoms with Gasteiger partial charge in [-0.3, -0.25) is 19.2 Å². The summed E-state index contributed by atoms with van der Waals surface area (Å²) >= 11 is 0. The predicted octanol–water partition coefficient (Wildman–Crippen LogP) is 4.75. The van der Waals surface area contributed by atoms with Gasteiger partial charge in [-0.1, -0.05) is 48.5 Å². The third-order valence-corrected chi connectivity index (χ3v) is 4.49. The molecule has 3 aromatic rings. The van der Waals surface area contributed by atoms with Crippen LogP contribution in [0, 0.1) is 0 Å². The molecule has 7 heteroatoms. The van der Waals surface area contributed by atoms with Gasteiger partial charge in [0.1, 0.15) is 0 Å². The lowest BCUT2D eigenvalue weighted by molar-refractivity contribution is -0.115. The van der Waals surface area contributed by atoms with Gasteiger partial charge in [-0.05, 0) is 42.0 Å². The minimum atomic E-state index is -0.406. The minimum absolute atomic E-state index is 0.0954. The molecule has 0 spiro atoms. The molecule has 3 rings (SSSR count). The number of hydrogen-bond acceptors (Lipinski definition) is 4. The summed E-state index contributed by atoms with van der Waals surface area (Å²) in [6.45, 7) is 2.71. The summed E-state index contributed by atoms with van der Waals surface area (Å²) in [5, 5.41) is 8.01. The Bertz CT molecular complexity index is 1180. The molecule has 3 N–H and O–H groups in total. The van der Waals surface area contributed by atoms with Crippen molar-refractivity contribution in [1.29, 1.82) is 0 Å². The standard InChI is InChI=1S/C26H23N3O4/c1-17(30)27-23-14-21(15-24(16-23)28-18(2)31)26(33)29-22-11-8-19(9-12-22)10-13-25(32)20-6-4-3-5-7-20/h3-16H,1-2H3,(H,27,30)(H,28,31)(H,29,33)/b13-10-. The first-order valence-corrected chi connectivity index (χ1v) is 10.2. The largest absolute Gasteiger partial charge is 0.326 e. The fraction of sp³-hybridized carbons (Fsp3) is 0.0769. The van der Waals surface area contributed by atoms with Crippen LogP contribution in [0.25, 0.3) is 6.08 Å². The summed E-state index contributed by atoms with van der Waals surface area (Å²) in [5.41, 5.74) is 3.01. The number of hydrogen-bond donors (Lipinski definition) is 3. The fourth-order valence-electron chi connectivity index (χ4n) is 3.06. The highest BCUT2D eigenvalue weighted by Gasteiger charge is 2.11. The van der Waals surface area contributed by atoms with Gasteiger partial charge in [0, 0.05) is 42.0 Å². The average Bonchev–Trinajstić information content (AvgIpc) is 2.78. The Hall–Kier alpha value is -4.52.